The fraction of sp³-hybridized carbons (Fsp3) is 0.355. The summed E-state index contributed by atoms with van der Waals surface area (Å²) in [7, 11) is 0. The summed E-state index contributed by atoms with van der Waals surface area (Å²) in [4.78, 5) is 45.2. The number of rotatable bonds is 6. The van der Waals surface area contributed by atoms with Crippen molar-refractivity contribution in [2.45, 2.75) is 57.2 Å². The van der Waals surface area contributed by atoms with Crippen LogP contribution >= 0.6 is 23.2 Å². The summed E-state index contributed by atoms with van der Waals surface area (Å²) >= 11 is 12.7. The van der Waals surface area contributed by atoms with Crippen LogP contribution in [-0.2, 0) is 20.9 Å². The molecule has 0 spiro atoms. The topological polar surface area (TPSA) is 123 Å². The van der Waals surface area contributed by atoms with Crippen molar-refractivity contribution >= 4 is 41.0 Å². The Hall–Kier alpha value is -3.46. The molecule has 5 rings (SSSR count). The molecule has 2 aliphatic rings. The fourth-order valence-electron chi connectivity index (χ4n) is 5.76. The number of halogens is 2. The van der Waals surface area contributed by atoms with Crippen molar-refractivity contribution in [2.75, 3.05) is 6.61 Å². The molecule has 4 unspecified atom stereocenters. The van der Waals surface area contributed by atoms with Gasteiger partial charge in [-0.3, -0.25) is 19.4 Å². The Balaban J connectivity index is 0.000000417. The van der Waals surface area contributed by atoms with Gasteiger partial charge in [0.1, 0.15) is 0 Å². The van der Waals surface area contributed by atoms with Gasteiger partial charge in [-0.15, -0.1) is 0 Å². The smallest absolute Gasteiger partial charge is 0.311 e. The normalized spacial score (nSPS) is 21.8. The quantitative estimate of drug-likeness (QED) is 0.364. The molecule has 41 heavy (non-hydrogen) atoms. The van der Waals surface area contributed by atoms with Gasteiger partial charge in [-0.05, 0) is 61.2 Å². The van der Waals surface area contributed by atoms with E-state index in [1.54, 1.807) is 66.6 Å². The average Bonchev–Trinajstić information content (AvgIpc) is 2.98. The Kier molecular flexibility index (Phi) is 10.4. The van der Waals surface area contributed by atoms with E-state index in [0.29, 0.717) is 45.3 Å². The summed E-state index contributed by atoms with van der Waals surface area (Å²) in [5, 5.41) is 9.25. The molecule has 4 atom stereocenters. The molecule has 0 bridgehead atoms. The van der Waals surface area contributed by atoms with Crippen LogP contribution in [0.25, 0.3) is 0 Å². The first-order chi connectivity index (χ1) is 19.8. The van der Waals surface area contributed by atoms with Gasteiger partial charge >= 0.3 is 5.97 Å². The Morgan fingerprint density at radius 3 is 2.41 bits per heavy atom. The number of nitrogens with two attached hydrogens (primary N) is 1. The summed E-state index contributed by atoms with van der Waals surface area (Å²) in [5.74, 6) is -2.47. The highest BCUT2D eigenvalue weighted by molar-refractivity contribution is 6.35. The van der Waals surface area contributed by atoms with Crippen molar-refractivity contribution in [3.8, 4) is 0 Å². The summed E-state index contributed by atoms with van der Waals surface area (Å²) in [6, 6.07) is 16.2. The highest BCUT2D eigenvalue weighted by Gasteiger charge is 2.49. The second-order valence-electron chi connectivity index (χ2n) is 9.98. The number of nitrogens with zero attached hydrogens (tertiary/aromatic N) is 2. The molecule has 2 amide bonds. The molecule has 10 heteroatoms. The minimum absolute atomic E-state index is 0.0286. The molecule has 1 aliphatic heterocycles. The van der Waals surface area contributed by atoms with Crippen LogP contribution in [0.4, 0.5) is 0 Å². The number of benzene rings is 2. The molecule has 2 aromatic carbocycles. The lowest BCUT2D eigenvalue weighted by molar-refractivity contribution is -0.152. The molecule has 1 fully saturated rings. The molecule has 3 aromatic rings. The number of aliphatic hydroxyl groups is 1. The number of amides is 2. The minimum atomic E-state index is -0.831. The molecule has 1 aliphatic carbocycles. The van der Waals surface area contributed by atoms with E-state index in [1.807, 2.05) is 12.1 Å². The van der Waals surface area contributed by atoms with E-state index in [1.165, 1.54) is 0 Å². The van der Waals surface area contributed by atoms with Gasteiger partial charge in [0.05, 0.1) is 36.8 Å². The maximum atomic E-state index is 13.9. The van der Waals surface area contributed by atoms with Crippen LogP contribution < -0.4 is 5.73 Å². The molecular formula is C31H33Cl2N3O5. The van der Waals surface area contributed by atoms with E-state index in [2.05, 4.69) is 4.98 Å². The van der Waals surface area contributed by atoms with Crippen LogP contribution in [0.5, 0.6) is 0 Å². The molecule has 3 N–H and O–H groups in total. The van der Waals surface area contributed by atoms with Crippen molar-refractivity contribution in [2.24, 2.45) is 11.7 Å². The number of hydrogen-bond donors (Lipinski definition) is 2. The molecule has 0 saturated heterocycles. The number of carbonyl (C=O) groups is 3. The molecular weight excluding hydrogens is 565 g/mol. The third kappa shape index (κ3) is 6.72. The molecule has 216 valence electrons. The van der Waals surface area contributed by atoms with E-state index >= 15 is 0 Å². The first kappa shape index (κ1) is 30.5. The predicted molar refractivity (Wildman–Crippen MR) is 156 cm³/mol. The number of aliphatic hydroxyl groups excluding tert-OH is 1. The van der Waals surface area contributed by atoms with Gasteiger partial charge in [-0.2, -0.15) is 0 Å². The third-order valence-electron chi connectivity index (χ3n) is 7.53. The molecule has 1 saturated carbocycles. The van der Waals surface area contributed by atoms with Crippen molar-refractivity contribution in [1.82, 2.24) is 9.88 Å². The molecule has 8 nitrogen and oxygen atoms in total. The lowest BCUT2D eigenvalue weighted by atomic mass is 9.75. The van der Waals surface area contributed by atoms with Gasteiger partial charge in [0.15, 0.2) is 0 Å². The van der Waals surface area contributed by atoms with E-state index < -0.39 is 29.8 Å². The summed E-state index contributed by atoms with van der Waals surface area (Å²) < 4.78 is 5.35. The van der Waals surface area contributed by atoms with Gasteiger partial charge in [0.2, 0.25) is 5.91 Å². The van der Waals surface area contributed by atoms with Crippen LogP contribution in [0.1, 0.15) is 71.7 Å². The predicted octanol–water partition coefficient (Wildman–Crippen LogP) is 5.46. The van der Waals surface area contributed by atoms with E-state index in [0.717, 1.165) is 12.8 Å². The van der Waals surface area contributed by atoms with E-state index in [9.17, 15) is 14.4 Å². The number of fused-ring (bicyclic) bond motifs is 1. The highest BCUT2D eigenvalue weighted by Crippen LogP contribution is 2.48. The number of esters is 1. The summed E-state index contributed by atoms with van der Waals surface area (Å²) in [5.41, 5.74) is 8.19. The Labute approximate surface area is 249 Å². The zero-order valence-electron chi connectivity index (χ0n) is 22.7. The van der Waals surface area contributed by atoms with Crippen LogP contribution in [0.3, 0.4) is 0 Å². The molecule has 1 aromatic heterocycles. The largest absolute Gasteiger partial charge is 0.466 e. The first-order valence-corrected chi connectivity index (χ1v) is 14.4. The zero-order chi connectivity index (χ0) is 29.5. The number of primary amides is 1. The SMILES string of the molecule is CCOC(=O)C1CCCCC1N1C(=O)c2ccccc2C(C(N)=O)C1c1ccc(Cl)cc1Cl.OCc1ccccn1. The van der Waals surface area contributed by atoms with Crippen LogP contribution in [0, 0.1) is 5.92 Å². The van der Waals surface area contributed by atoms with Crippen molar-refractivity contribution < 1.29 is 24.2 Å². The Bertz CT molecular complexity index is 1390. The Morgan fingerprint density at radius 1 is 1.05 bits per heavy atom. The highest BCUT2D eigenvalue weighted by atomic mass is 35.5. The summed E-state index contributed by atoms with van der Waals surface area (Å²) in [6.07, 6.45) is 4.60. The maximum Gasteiger partial charge on any atom is 0.311 e. The fourth-order valence-corrected chi connectivity index (χ4v) is 6.28. The van der Waals surface area contributed by atoms with Crippen LogP contribution in [0.15, 0.2) is 66.9 Å². The van der Waals surface area contributed by atoms with E-state index in [4.69, 9.17) is 38.8 Å². The van der Waals surface area contributed by atoms with E-state index in [-0.39, 0.29) is 25.1 Å². The Morgan fingerprint density at radius 2 is 1.78 bits per heavy atom. The number of pyridine rings is 1. The maximum absolute atomic E-state index is 13.9. The average molecular weight is 599 g/mol. The number of carbonyl (C=O) groups excluding carboxylic acids is 3. The van der Waals surface area contributed by atoms with Gasteiger partial charge < -0.3 is 20.5 Å². The number of hydrogen-bond acceptors (Lipinski definition) is 6. The van der Waals surface area contributed by atoms with Gasteiger partial charge in [-0.25, -0.2) is 0 Å². The van der Waals surface area contributed by atoms with Crippen LogP contribution in [0.2, 0.25) is 10.0 Å². The van der Waals surface area contributed by atoms with Gasteiger partial charge in [0, 0.05) is 27.8 Å². The number of aromatic nitrogens is 1. The zero-order valence-corrected chi connectivity index (χ0v) is 24.2. The molecule has 0 radical (unpaired) electrons. The lowest BCUT2D eigenvalue weighted by Gasteiger charge is -2.48. The lowest BCUT2D eigenvalue weighted by Crippen LogP contribution is -2.55. The first-order valence-electron chi connectivity index (χ1n) is 13.6. The second kappa shape index (κ2) is 13.9. The monoisotopic (exact) mass is 597 g/mol. The van der Waals surface area contributed by atoms with Crippen LogP contribution in [-0.4, -0.2) is 45.4 Å². The van der Waals surface area contributed by atoms with Crippen molar-refractivity contribution in [3.63, 3.8) is 0 Å². The van der Waals surface area contributed by atoms with Gasteiger partial charge in [-0.1, -0.05) is 66.4 Å². The standard InChI is InChI=1S/C25H26Cl2N2O4.C6H7NO/c1-2-33-25(32)18-9-5-6-10-20(18)29-22(17-12-11-14(26)13-19(17)27)21(23(28)30)15-7-3-4-8-16(15)24(29)31;8-5-6-3-1-2-4-7-6/h3-4,7-8,11-13,18,20-22H,2,5-6,9-10H2,1H3,(H2,28,30);1-4,8H,5H2. The van der Waals surface area contributed by atoms with Crippen molar-refractivity contribution in [3.05, 3.63) is 99.3 Å². The number of ether oxygens (including phenoxy) is 1. The van der Waals surface area contributed by atoms with Gasteiger partial charge in [0.25, 0.3) is 5.91 Å². The second-order valence-corrected chi connectivity index (χ2v) is 10.8. The third-order valence-corrected chi connectivity index (χ3v) is 8.09. The minimum Gasteiger partial charge on any atom is -0.466 e. The van der Waals surface area contributed by atoms with Crippen molar-refractivity contribution in [1.29, 1.82) is 0 Å². The summed E-state index contributed by atoms with van der Waals surface area (Å²) in [6.45, 7) is 2.05. The molecule has 2 heterocycles.